The highest BCUT2D eigenvalue weighted by Crippen LogP contribution is 2.32. The molecule has 5 nitrogen and oxygen atoms in total. The van der Waals surface area contributed by atoms with Crippen LogP contribution in [0.25, 0.3) is 0 Å². The van der Waals surface area contributed by atoms with Crippen molar-refractivity contribution in [2.24, 2.45) is 0 Å². The van der Waals surface area contributed by atoms with Gasteiger partial charge >= 0.3 is 0 Å². The number of phenolic OH excluding ortho intramolecular Hbond substituents is 1. The van der Waals surface area contributed by atoms with Gasteiger partial charge in [0.2, 0.25) is 0 Å². The Hall–Kier alpha value is -2.05. The maximum absolute atomic E-state index is 11.9. The summed E-state index contributed by atoms with van der Waals surface area (Å²) in [7, 11) is -4.36. The van der Waals surface area contributed by atoms with Crippen LogP contribution < -0.4 is 4.74 Å². The molecule has 166 valence electrons. The van der Waals surface area contributed by atoms with Gasteiger partial charge in [0.25, 0.3) is 10.1 Å². The van der Waals surface area contributed by atoms with Crippen LogP contribution in [0.3, 0.4) is 0 Å². The Morgan fingerprint density at radius 1 is 0.833 bits per heavy atom. The standard InChI is InChI=1S/C24H34O5S/c1-2-3-4-5-6-7-8-9-10-11-14-20-17-18-21(19-24(20)30(26,27)28)29-23-16-13-12-15-22(23)25/h12-13,15-19,25H,2-11,14H2,1H3,(H,26,27,28). The topological polar surface area (TPSA) is 83.8 Å². The van der Waals surface area contributed by atoms with E-state index in [1.807, 2.05) is 0 Å². The highest BCUT2D eigenvalue weighted by molar-refractivity contribution is 7.85. The van der Waals surface area contributed by atoms with Gasteiger partial charge in [0.05, 0.1) is 0 Å². The number of aryl methyl sites for hydroxylation is 1. The van der Waals surface area contributed by atoms with E-state index in [2.05, 4.69) is 6.92 Å². The maximum Gasteiger partial charge on any atom is 0.294 e. The molecule has 0 radical (unpaired) electrons. The van der Waals surface area contributed by atoms with Crippen molar-refractivity contribution >= 4 is 10.1 Å². The fourth-order valence-corrected chi connectivity index (χ4v) is 4.28. The van der Waals surface area contributed by atoms with E-state index in [1.54, 1.807) is 30.3 Å². The number of rotatable bonds is 14. The third-order valence-corrected chi connectivity index (χ3v) is 6.15. The second kappa shape index (κ2) is 12.6. The normalized spacial score (nSPS) is 11.5. The monoisotopic (exact) mass is 434 g/mol. The number of unbranched alkanes of at least 4 members (excludes halogenated alkanes) is 9. The minimum Gasteiger partial charge on any atom is -0.504 e. The molecular formula is C24H34O5S. The number of hydrogen-bond donors (Lipinski definition) is 2. The summed E-state index contributed by atoms with van der Waals surface area (Å²) in [5, 5.41) is 9.82. The number of aromatic hydroxyl groups is 1. The van der Waals surface area contributed by atoms with E-state index in [9.17, 15) is 18.1 Å². The van der Waals surface area contributed by atoms with Crippen LogP contribution in [-0.4, -0.2) is 18.1 Å². The number of para-hydroxylation sites is 2. The zero-order valence-electron chi connectivity index (χ0n) is 17.8. The van der Waals surface area contributed by atoms with Crippen molar-refractivity contribution in [1.82, 2.24) is 0 Å². The average Bonchev–Trinajstić information content (AvgIpc) is 2.71. The molecule has 2 aromatic rings. The average molecular weight is 435 g/mol. The van der Waals surface area contributed by atoms with E-state index < -0.39 is 10.1 Å². The van der Waals surface area contributed by atoms with Crippen LogP contribution in [0, 0.1) is 0 Å². The molecule has 0 atom stereocenters. The summed E-state index contributed by atoms with van der Waals surface area (Å²) in [6.07, 6.45) is 12.7. The van der Waals surface area contributed by atoms with Gasteiger partial charge in [-0.25, -0.2) is 0 Å². The Labute approximate surface area is 180 Å². The van der Waals surface area contributed by atoms with Gasteiger partial charge in [0, 0.05) is 6.07 Å². The smallest absolute Gasteiger partial charge is 0.294 e. The van der Waals surface area contributed by atoms with Gasteiger partial charge in [0.15, 0.2) is 11.5 Å². The minimum absolute atomic E-state index is 0.0413. The van der Waals surface area contributed by atoms with Crippen molar-refractivity contribution in [3.8, 4) is 17.2 Å². The fourth-order valence-electron chi connectivity index (χ4n) is 3.52. The van der Waals surface area contributed by atoms with Gasteiger partial charge in [-0.2, -0.15) is 8.42 Å². The molecule has 0 spiro atoms. The third-order valence-electron chi connectivity index (χ3n) is 5.21. The lowest BCUT2D eigenvalue weighted by Gasteiger charge is -2.12. The van der Waals surface area contributed by atoms with E-state index in [0.717, 1.165) is 19.3 Å². The molecule has 0 saturated heterocycles. The van der Waals surface area contributed by atoms with Gasteiger partial charge in [-0.15, -0.1) is 0 Å². The summed E-state index contributed by atoms with van der Waals surface area (Å²) in [5.41, 5.74) is 0.585. The predicted octanol–water partition coefficient (Wildman–Crippen LogP) is 6.89. The molecule has 2 rings (SSSR count). The van der Waals surface area contributed by atoms with E-state index in [-0.39, 0.29) is 22.1 Å². The number of ether oxygens (including phenoxy) is 1. The fraction of sp³-hybridized carbons (Fsp3) is 0.500. The zero-order valence-corrected chi connectivity index (χ0v) is 18.7. The molecule has 6 heteroatoms. The molecule has 0 heterocycles. The van der Waals surface area contributed by atoms with Crippen LogP contribution in [-0.2, 0) is 16.5 Å². The summed E-state index contributed by atoms with van der Waals surface area (Å²) < 4.78 is 38.9. The molecule has 0 unspecified atom stereocenters. The Morgan fingerprint density at radius 2 is 1.43 bits per heavy atom. The van der Waals surface area contributed by atoms with Gasteiger partial charge in [0.1, 0.15) is 10.6 Å². The van der Waals surface area contributed by atoms with Crippen LogP contribution in [0.15, 0.2) is 47.4 Å². The van der Waals surface area contributed by atoms with Gasteiger partial charge in [-0.1, -0.05) is 82.9 Å². The molecule has 0 aliphatic rings. The molecule has 0 saturated carbocycles. The summed E-state index contributed by atoms with van der Waals surface area (Å²) >= 11 is 0. The van der Waals surface area contributed by atoms with Gasteiger partial charge in [-0.3, -0.25) is 4.55 Å². The molecule has 0 bridgehead atoms. The largest absolute Gasteiger partial charge is 0.504 e. The second-order valence-electron chi connectivity index (χ2n) is 7.75. The maximum atomic E-state index is 11.9. The first-order chi connectivity index (χ1) is 14.4. The summed E-state index contributed by atoms with van der Waals surface area (Å²) in [6, 6.07) is 11.1. The lowest BCUT2D eigenvalue weighted by Crippen LogP contribution is -2.04. The second-order valence-corrected chi connectivity index (χ2v) is 9.14. The van der Waals surface area contributed by atoms with Crippen LogP contribution >= 0.6 is 0 Å². The molecule has 0 fully saturated rings. The van der Waals surface area contributed by atoms with Crippen molar-refractivity contribution < 1.29 is 22.8 Å². The van der Waals surface area contributed by atoms with Crippen molar-refractivity contribution in [3.63, 3.8) is 0 Å². The number of benzene rings is 2. The predicted molar refractivity (Wildman–Crippen MR) is 120 cm³/mol. The minimum atomic E-state index is -4.36. The van der Waals surface area contributed by atoms with E-state index in [0.29, 0.717) is 12.0 Å². The first kappa shape index (κ1) is 24.2. The molecule has 0 aromatic heterocycles. The van der Waals surface area contributed by atoms with Crippen LogP contribution in [0.2, 0.25) is 0 Å². The highest BCUT2D eigenvalue weighted by Gasteiger charge is 2.17. The van der Waals surface area contributed by atoms with E-state index >= 15 is 0 Å². The van der Waals surface area contributed by atoms with Crippen molar-refractivity contribution in [2.45, 2.75) is 82.4 Å². The first-order valence-electron chi connectivity index (χ1n) is 11.0. The van der Waals surface area contributed by atoms with Crippen molar-refractivity contribution in [1.29, 1.82) is 0 Å². The molecule has 0 aliphatic carbocycles. The highest BCUT2D eigenvalue weighted by atomic mass is 32.2. The lowest BCUT2D eigenvalue weighted by molar-refractivity contribution is 0.410. The van der Waals surface area contributed by atoms with Crippen LogP contribution in [0.5, 0.6) is 17.2 Å². The van der Waals surface area contributed by atoms with Crippen molar-refractivity contribution in [3.05, 3.63) is 48.0 Å². The van der Waals surface area contributed by atoms with Crippen LogP contribution in [0.4, 0.5) is 0 Å². The SMILES string of the molecule is CCCCCCCCCCCCc1ccc(Oc2ccccc2O)cc1S(=O)(=O)O. The van der Waals surface area contributed by atoms with Gasteiger partial charge < -0.3 is 9.84 Å². The van der Waals surface area contributed by atoms with E-state index in [1.165, 1.54) is 57.1 Å². The summed E-state index contributed by atoms with van der Waals surface area (Å²) in [6.45, 7) is 2.22. The Balaban J connectivity index is 1.86. The van der Waals surface area contributed by atoms with E-state index in [4.69, 9.17) is 4.74 Å². The molecule has 30 heavy (non-hydrogen) atoms. The van der Waals surface area contributed by atoms with Crippen LogP contribution in [0.1, 0.15) is 76.7 Å². The lowest BCUT2D eigenvalue weighted by atomic mass is 10.0. The number of hydrogen-bond acceptors (Lipinski definition) is 4. The molecule has 2 aromatic carbocycles. The summed E-state index contributed by atoms with van der Waals surface area (Å²) in [4.78, 5) is -0.133. The molecule has 2 N–H and O–H groups in total. The quantitative estimate of drug-likeness (QED) is 0.250. The zero-order chi connectivity index (χ0) is 21.8. The molecule has 0 aliphatic heterocycles. The summed E-state index contributed by atoms with van der Waals surface area (Å²) in [5.74, 6) is 0.428. The molecule has 0 amide bonds. The first-order valence-corrected chi connectivity index (χ1v) is 12.4. The Morgan fingerprint density at radius 3 is 2.03 bits per heavy atom. The number of phenols is 1. The van der Waals surface area contributed by atoms with Gasteiger partial charge in [-0.05, 0) is 36.6 Å². The van der Waals surface area contributed by atoms with Crippen molar-refractivity contribution in [2.75, 3.05) is 0 Å². The molecular weight excluding hydrogens is 400 g/mol. The Bertz CT molecular complexity index is 877. The Kier molecular flexibility index (Phi) is 10.2. The third kappa shape index (κ3) is 8.36.